The van der Waals surface area contributed by atoms with E-state index < -0.39 is 0 Å². The monoisotopic (exact) mass is 268 g/mol. The molecule has 0 saturated heterocycles. The Morgan fingerprint density at radius 3 is 2.75 bits per heavy atom. The van der Waals surface area contributed by atoms with Crippen molar-refractivity contribution in [1.29, 1.82) is 0 Å². The fourth-order valence-corrected chi connectivity index (χ4v) is 2.56. The number of benzene rings is 1. The summed E-state index contributed by atoms with van der Waals surface area (Å²) in [6.07, 6.45) is 3.10. The molecule has 0 bridgehead atoms. The molecule has 0 amide bonds. The maximum absolute atomic E-state index is 5.73. The van der Waals surface area contributed by atoms with Crippen LogP contribution in [0.1, 0.15) is 23.9 Å². The maximum Gasteiger partial charge on any atom is 0.0645 e. The minimum atomic E-state index is 0.576. The average Bonchev–Trinajstić information content (AvgIpc) is 3.03. The molecule has 0 aliphatic rings. The van der Waals surface area contributed by atoms with Gasteiger partial charge < -0.3 is 10.3 Å². The molecule has 3 aromatic rings. The molecule has 2 N–H and O–H groups in total. The van der Waals surface area contributed by atoms with Crippen LogP contribution in [0.5, 0.6) is 0 Å². The normalized spacial score (nSPS) is 11.3. The molecule has 0 aliphatic carbocycles. The predicted molar refractivity (Wildman–Crippen MR) is 81.5 cm³/mol. The van der Waals surface area contributed by atoms with Crippen molar-refractivity contribution in [2.75, 3.05) is 0 Å². The second-order valence-electron chi connectivity index (χ2n) is 5.15. The molecule has 0 radical (unpaired) electrons. The molecule has 4 nitrogen and oxygen atoms in total. The molecule has 2 aromatic heterocycles. The summed E-state index contributed by atoms with van der Waals surface area (Å²) in [5.41, 5.74) is 10.5. The molecule has 0 spiro atoms. The van der Waals surface area contributed by atoms with E-state index >= 15 is 0 Å². The van der Waals surface area contributed by atoms with Crippen molar-refractivity contribution in [2.45, 2.75) is 26.4 Å². The number of rotatable bonds is 4. The van der Waals surface area contributed by atoms with Crippen LogP contribution in [0.15, 0.2) is 36.5 Å². The lowest BCUT2D eigenvalue weighted by Gasteiger charge is -2.07. The Labute approximate surface area is 118 Å². The third-order valence-corrected chi connectivity index (χ3v) is 3.80. The Morgan fingerprint density at radius 2 is 2.05 bits per heavy atom. The van der Waals surface area contributed by atoms with Crippen molar-refractivity contribution in [1.82, 2.24) is 14.3 Å². The van der Waals surface area contributed by atoms with Gasteiger partial charge in [0.2, 0.25) is 0 Å². The van der Waals surface area contributed by atoms with Crippen molar-refractivity contribution >= 4 is 10.9 Å². The second kappa shape index (κ2) is 5.13. The highest BCUT2D eigenvalue weighted by molar-refractivity contribution is 5.80. The van der Waals surface area contributed by atoms with E-state index in [1.165, 1.54) is 16.6 Å². The Bertz CT molecular complexity index is 736. The highest BCUT2D eigenvalue weighted by Crippen LogP contribution is 2.19. The molecular weight excluding hydrogens is 248 g/mol. The smallest absolute Gasteiger partial charge is 0.0645 e. The van der Waals surface area contributed by atoms with E-state index in [9.17, 15) is 0 Å². The molecule has 104 valence electrons. The van der Waals surface area contributed by atoms with Gasteiger partial charge in [-0.3, -0.25) is 4.68 Å². The zero-order chi connectivity index (χ0) is 14.1. The third kappa shape index (κ3) is 2.23. The van der Waals surface area contributed by atoms with Crippen molar-refractivity contribution in [3.8, 4) is 0 Å². The molecule has 0 saturated carbocycles. The molecule has 0 aliphatic heterocycles. The van der Waals surface area contributed by atoms with E-state index in [0.717, 1.165) is 24.2 Å². The number of fused-ring (bicyclic) bond motifs is 1. The van der Waals surface area contributed by atoms with E-state index in [4.69, 9.17) is 5.73 Å². The van der Waals surface area contributed by atoms with Crippen LogP contribution >= 0.6 is 0 Å². The summed E-state index contributed by atoms with van der Waals surface area (Å²) in [7, 11) is 2.01. The van der Waals surface area contributed by atoms with Crippen LogP contribution in [0.3, 0.4) is 0 Å². The molecule has 0 unspecified atom stereocenters. The quantitative estimate of drug-likeness (QED) is 0.790. The zero-order valence-corrected chi connectivity index (χ0v) is 12.0. The number of aromatic nitrogens is 3. The van der Waals surface area contributed by atoms with E-state index in [1.54, 1.807) is 0 Å². The lowest BCUT2D eigenvalue weighted by atomic mass is 10.1. The summed E-state index contributed by atoms with van der Waals surface area (Å²) in [6, 6.07) is 10.7. The first-order valence-electron chi connectivity index (χ1n) is 7.01. The highest BCUT2D eigenvalue weighted by Gasteiger charge is 2.07. The largest absolute Gasteiger partial charge is 0.341 e. The molecule has 1 aromatic carbocycles. The Balaban J connectivity index is 1.99. The number of nitrogens with two attached hydrogens (primary N) is 1. The second-order valence-corrected chi connectivity index (χ2v) is 5.15. The van der Waals surface area contributed by atoms with Crippen molar-refractivity contribution in [3.63, 3.8) is 0 Å². The minimum absolute atomic E-state index is 0.576. The average molecular weight is 268 g/mol. The van der Waals surface area contributed by atoms with Gasteiger partial charge in [-0.2, -0.15) is 5.10 Å². The number of hydrogen-bond acceptors (Lipinski definition) is 2. The van der Waals surface area contributed by atoms with Crippen molar-refractivity contribution in [3.05, 3.63) is 53.5 Å². The Morgan fingerprint density at radius 1 is 1.20 bits per heavy atom. The lowest BCUT2D eigenvalue weighted by Crippen LogP contribution is -2.05. The fraction of sp³-hybridized carbons (Fsp3) is 0.312. The van der Waals surface area contributed by atoms with Gasteiger partial charge in [0.05, 0.1) is 17.9 Å². The summed E-state index contributed by atoms with van der Waals surface area (Å²) < 4.78 is 4.22. The first kappa shape index (κ1) is 12.9. The third-order valence-electron chi connectivity index (χ3n) is 3.80. The van der Waals surface area contributed by atoms with Crippen molar-refractivity contribution < 1.29 is 0 Å². The molecule has 0 fully saturated rings. The SMILES string of the molecule is CCc1cc(Cn2ccc3ccc(CN)cc32)n(C)n1. The molecule has 2 heterocycles. The summed E-state index contributed by atoms with van der Waals surface area (Å²) in [4.78, 5) is 0. The summed E-state index contributed by atoms with van der Waals surface area (Å²) in [6.45, 7) is 3.54. The summed E-state index contributed by atoms with van der Waals surface area (Å²) >= 11 is 0. The minimum Gasteiger partial charge on any atom is -0.341 e. The molecule has 3 rings (SSSR count). The van der Waals surface area contributed by atoms with Gasteiger partial charge in [-0.1, -0.05) is 19.1 Å². The van der Waals surface area contributed by atoms with Crippen LogP contribution < -0.4 is 5.73 Å². The standard InChI is InChI=1S/C16H20N4/c1-3-14-9-15(19(2)18-14)11-20-7-6-13-5-4-12(10-17)8-16(13)20/h4-9H,3,10-11,17H2,1-2H3. The predicted octanol–water partition coefficient (Wildman–Crippen LogP) is 2.44. The van der Waals surface area contributed by atoms with Crippen LogP contribution in [0.4, 0.5) is 0 Å². The van der Waals surface area contributed by atoms with E-state index in [-0.39, 0.29) is 0 Å². The zero-order valence-electron chi connectivity index (χ0n) is 12.0. The Hall–Kier alpha value is -2.07. The molecule has 20 heavy (non-hydrogen) atoms. The lowest BCUT2D eigenvalue weighted by molar-refractivity contribution is 0.669. The summed E-state index contributed by atoms with van der Waals surface area (Å²) in [5, 5.41) is 5.76. The van der Waals surface area contributed by atoms with Gasteiger partial charge in [0.1, 0.15) is 0 Å². The van der Waals surface area contributed by atoms with Crippen LogP contribution in [-0.2, 0) is 26.6 Å². The number of aryl methyl sites for hydroxylation is 2. The first-order valence-corrected chi connectivity index (χ1v) is 7.01. The van der Waals surface area contributed by atoms with Gasteiger partial charge in [0.25, 0.3) is 0 Å². The van der Waals surface area contributed by atoms with Crippen LogP contribution in [0, 0.1) is 0 Å². The topological polar surface area (TPSA) is 48.8 Å². The Kier molecular flexibility index (Phi) is 3.32. The molecular formula is C16H20N4. The van der Waals surface area contributed by atoms with Gasteiger partial charge in [-0.25, -0.2) is 0 Å². The van der Waals surface area contributed by atoms with Gasteiger partial charge in [-0.05, 0) is 35.6 Å². The number of hydrogen-bond donors (Lipinski definition) is 1. The number of nitrogens with zero attached hydrogens (tertiary/aromatic N) is 3. The van der Waals surface area contributed by atoms with Crippen LogP contribution in [0.2, 0.25) is 0 Å². The van der Waals surface area contributed by atoms with Gasteiger partial charge in [0.15, 0.2) is 0 Å². The van der Waals surface area contributed by atoms with Crippen molar-refractivity contribution in [2.24, 2.45) is 12.8 Å². The van der Waals surface area contributed by atoms with Crippen LogP contribution in [0.25, 0.3) is 10.9 Å². The van der Waals surface area contributed by atoms with Gasteiger partial charge >= 0.3 is 0 Å². The summed E-state index contributed by atoms with van der Waals surface area (Å²) in [5.74, 6) is 0. The fourth-order valence-electron chi connectivity index (χ4n) is 2.56. The van der Waals surface area contributed by atoms with Crippen LogP contribution in [-0.4, -0.2) is 14.3 Å². The van der Waals surface area contributed by atoms with E-state index in [0.29, 0.717) is 6.54 Å². The molecule has 0 atom stereocenters. The van der Waals surface area contributed by atoms with E-state index in [2.05, 4.69) is 53.1 Å². The maximum atomic E-state index is 5.73. The van der Waals surface area contributed by atoms with Gasteiger partial charge in [-0.15, -0.1) is 0 Å². The molecule has 4 heteroatoms. The van der Waals surface area contributed by atoms with Gasteiger partial charge in [0, 0.05) is 25.3 Å². The highest BCUT2D eigenvalue weighted by atomic mass is 15.3. The first-order chi connectivity index (χ1) is 9.71. The van der Waals surface area contributed by atoms with E-state index in [1.807, 2.05) is 11.7 Å².